The average molecular weight is 279 g/mol. The quantitative estimate of drug-likeness (QED) is 0.859. The minimum Gasteiger partial charge on any atom is -0.346 e. The molecule has 1 amide bonds. The number of ketones is 1. The lowest BCUT2D eigenvalue weighted by atomic mass is 9.92. The van der Waals surface area contributed by atoms with Gasteiger partial charge in [0.1, 0.15) is 5.92 Å². The second kappa shape index (κ2) is 5.17. The Bertz CT molecular complexity index is 703. The Morgan fingerprint density at radius 3 is 2.19 bits per heavy atom. The molecular formula is C18H17NO2. The van der Waals surface area contributed by atoms with E-state index in [0.717, 1.165) is 11.1 Å². The van der Waals surface area contributed by atoms with Crippen molar-refractivity contribution in [2.45, 2.75) is 25.8 Å². The molecule has 106 valence electrons. The molecule has 1 aliphatic heterocycles. The fraction of sp³-hybridized carbons (Fsp3) is 0.222. The van der Waals surface area contributed by atoms with Crippen molar-refractivity contribution in [2.24, 2.45) is 0 Å². The monoisotopic (exact) mass is 279 g/mol. The number of hydrogen-bond donors (Lipinski definition) is 1. The maximum absolute atomic E-state index is 12.0. The Hall–Kier alpha value is -2.42. The minimum absolute atomic E-state index is 0.0522. The lowest BCUT2D eigenvalue weighted by molar-refractivity contribution is -0.124. The van der Waals surface area contributed by atoms with Gasteiger partial charge in [-0.25, -0.2) is 0 Å². The van der Waals surface area contributed by atoms with E-state index in [1.807, 2.05) is 36.4 Å². The van der Waals surface area contributed by atoms with Crippen LogP contribution in [0.2, 0.25) is 0 Å². The zero-order valence-electron chi connectivity index (χ0n) is 12.1. The van der Waals surface area contributed by atoms with Gasteiger partial charge in [0.25, 0.3) is 0 Å². The van der Waals surface area contributed by atoms with E-state index in [-0.39, 0.29) is 11.7 Å². The van der Waals surface area contributed by atoms with E-state index in [0.29, 0.717) is 0 Å². The summed E-state index contributed by atoms with van der Waals surface area (Å²) in [7, 11) is 0. The first-order valence-corrected chi connectivity index (χ1v) is 7.08. The lowest BCUT2D eigenvalue weighted by Crippen LogP contribution is -2.25. The molecule has 1 saturated heterocycles. The SMILES string of the molecule is Cc1ccccc1-c1ccc(C2C(=O)NC(C)C2=O)cc1. The summed E-state index contributed by atoms with van der Waals surface area (Å²) in [5.41, 5.74) is 4.23. The third-order valence-electron chi connectivity index (χ3n) is 4.03. The number of benzene rings is 2. The summed E-state index contributed by atoms with van der Waals surface area (Å²) in [6.07, 6.45) is 0. The summed E-state index contributed by atoms with van der Waals surface area (Å²) >= 11 is 0. The first-order valence-electron chi connectivity index (χ1n) is 7.08. The molecule has 2 aromatic carbocycles. The number of Topliss-reactive ketones (excluding diaryl/α,β-unsaturated/α-hetero) is 1. The summed E-state index contributed by atoms with van der Waals surface area (Å²) in [5, 5.41) is 2.68. The fourth-order valence-corrected chi connectivity index (χ4v) is 2.81. The van der Waals surface area contributed by atoms with Gasteiger partial charge in [0.05, 0.1) is 6.04 Å². The molecule has 3 heteroatoms. The molecule has 2 atom stereocenters. The van der Waals surface area contributed by atoms with Gasteiger partial charge >= 0.3 is 0 Å². The largest absolute Gasteiger partial charge is 0.346 e. The maximum Gasteiger partial charge on any atom is 0.235 e. The van der Waals surface area contributed by atoms with Crippen LogP contribution < -0.4 is 5.32 Å². The normalized spacial score (nSPS) is 21.4. The Balaban J connectivity index is 1.94. The van der Waals surface area contributed by atoms with Crippen LogP contribution in [0.3, 0.4) is 0 Å². The molecule has 0 bridgehead atoms. The van der Waals surface area contributed by atoms with Crippen LogP contribution in [0.5, 0.6) is 0 Å². The van der Waals surface area contributed by atoms with E-state index in [1.165, 1.54) is 11.1 Å². The predicted molar refractivity (Wildman–Crippen MR) is 82.0 cm³/mol. The topological polar surface area (TPSA) is 46.2 Å². The molecule has 3 nitrogen and oxygen atoms in total. The molecule has 0 saturated carbocycles. The molecule has 21 heavy (non-hydrogen) atoms. The van der Waals surface area contributed by atoms with Crippen LogP contribution in [0, 0.1) is 6.92 Å². The molecule has 0 aromatic heterocycles. The van der Waals surface area contributed by atoms with Gasteiger partial charge in [-0.2, -0.15) is 0 Å². The van der Waals surface area contributed by atoms with Crippen molar-refractivity contribution in [1.82, 2.24) is 5.32 Å². The molecule has 1 heterocycles. The smallest absolute Gasteiger partial charge is 0.235 e. The third-order valence-corrected chi connectivity index (χ3v) is 4.03. The van der Waals surface area contributed by atoms with Crippen molar-refractivity contribution in [2.75, 3.05) is 0 Å². The molecular weight excluding hydrogens is 262 g/mol. The standard InChI is InChI=1S/C18H17NO2/c1-11-5-3-4-6-15(11)13-7-9-14(10-8-13)16-17(20)12(2)19-18(16)21/h3-10,12,16H,1-2H3,(H,19,21). The third kappa shape index (κ3) is 2.35. The highest BCUT2D eigenvalue weighted by atomic mass is 16.2. The molecule has 3 rings (SSSR count). The van der Waals surface area contributed by atoms with Crippen LogP contribution >= 0.6 is 0 Å². The highest BCUT2D eigenvalue weighted by Crippen LogP contribution is 2.28. The van der Waals surface area contributed by atoms with Gasteiger partial charge in [-0.1, -0.05) is 48.5 Å². The first-order chi connectivity index (χ1) is 10.1. The highest BCUT2D eigenvalue weighted by molar-refractivity contribution is 6.14. The van der Waals surface area contributed by atoms with Crippen LogP contribution in [0.4, 0.5) is 0 Å². The van der Waals surface area contributed by atoms with E-state index in [1.54, 1.807) is 6.92 Å². The Labute approximate surface area is 124 Å². The average Bonchev–Trinajstić information content (AvgIpc) is 2.73. The van der Waals surface area contributed by atoms with Crippen LogP contribution in [-0.4, -0.2) is 17.7 Å². The van der Waals surface area contributed by atoms with Crippen molar-refractivity contribution < 1.29 is 9.59 Å². The molecule has 0 spiro atoms. The summed E-state index contributed by atoms with van der Waals surface area (Å²) < 4.78 is 0. The molecule has 2 aromatic rings. The molecule has 1 N–H and O–H groups in total. The highest BCUT2D eigenvalue weighted by Gasteiger charge is 2.39. The molecule has 2 unspecified atom stereocenters. The minimum atomic E-state index is -0.661. The van der Waals surface area contributed by atoms with Gasteiger partial charge < -0.3 is 5.32 Å². The van der Waals surface area contributed by atoms with Crippen molar-refractivity contribution in [3.8, 4) is 11.1 Å². The van der Waals surface area contributed by atoms with Crippen LogP contribution in [0.25, 0.3) is 11.1 Å². The van der Waals surface area contributed by atoms with Crippen molar-refractivity contribution in [3.63, 3.8) is 0 Å². The fourth-order valence-electron chi connectivity index (χ4n) is 2.81. The Morgan fingerprint density at radius 2 is 1.62 bits per heavy atom. The number of amides is 1. The number of nitrogens with one attached hydrogen (secondary N) is 1. The summed E-state index contributed by atoms with van der Waals surface area (Å²) in [4.78, 5) is 23.9. The summed E-state index contributed by atoms with van der Waals surface area (Å²) in [5.74, 6) is -0.911. The van der Waals surface area contributed by atoms with Crippen molar-refractivity contribution in [3.05, 3.63) is 59.7 Å². The first kappa shape index (κ1) is 13.6. The summed E-state index contributed by atoms with van der Waals surface area (Å²) in [6.45, 7) is 3.79. The van der Waals surface area contributed by atoms with E-state index < -0.39 is 12.0 Å². The van der Waals surface area contributed by atoms with Gasteiger partial charge in [0.2, 0.25) is 5.91 Å². The van der Waals surface area contributed by atoms with E-state index >= 15 is 0 Å². The number of rotatable bonds is 2. The van der Waals surface area contributed by atoms with Crippen molar-refractivity contribution >= 4 is 11.7 Å². The second-order valence-electron chi connectivity index (χ2n) is 5.50. The number of carbonyl (C=O) groups excluding carboxylic acids is 2. The zero-order chi connectivity index (χ0) is 15.0. The van der Waals surface area contributed by atoms with Crippen LogP contribution in [-0.2, 0) is 9.59 Å². The van der Waals surface area contributed by atoms with Gasteiger partial charge in [0.15, 0.2) is 5.78 Å². The van der Waals surface area contributed by atoms with Crippen LogP contribution in [0.15, 0.2) is 48.5 Å². The maximum atomic E-state index is 12.0. The molecule has 0 radical (unpaired) electrons. The second-order valence-corrected chi connectivity index (χ2v) is 5.50. The van der Waals surface area contributed by atoms with Gasteiger partial charge in [-0.05, 0) is 36.1 Å². The molecule has 1 fully saturated rings. The lowest BCUT2D eigenvalue weighted by Gasteiger charge is -2.09. The summed E-state index contributed by atoms with van der Waals surface area (Å²) in [6, 6.07) is 15.5. The van der Waals surface area contributed by atoms with E-state index in [9.17, 15) is 9.59 Å². The number of carbonyl (C=O) groups is 2. The number of aryl methyl sites for hydroxylation is 1. The number of hydrogen-bond acceptors (Lipinski definition) is 2. The predicted octanol–water partition coefficient (Wildman–Crippen LogP) is 2.83. The van der Waals surface area contributed by atoms with Gasteiger partial charge in [-0.3, -0.25) is 9.59 Å². The van der Waals surface area contributed by atoms with E-state index in [4.69, 9.17) is 0 Å². The Kier molecular flexibility index (Phi) is 3.34. The molecule has 1 aliphatic rings. The van der Waals surface area contributed by atoms with Gasteiger partial charge in [0, 0.05) is 0 Å². The van der Waals surface area contributed by atoms with E-state index in [2.05, 4.69) is 24.4 Å². The van der Waals surface area contributed by atoms with Crippen LogP contribution in [0.1, 0.15) is 24.0 Å². The Morgan fingerprint density at radius 1 is 0.952 bits per heavy atom. The van der Waals surface area contributed by atoms with Gasteiger partial charge in [-0.15, -0.1) is 0 Å². The zero-order valence-corrected chi connectivity index (χ0v) is 12.1. The van der Waals surface area contributed by atoms with Crippen molar-refractivity contribution in [1.29, 1.82) is 0 Å². The molecule has 0 aliphatic carbocycles.